The van der Waals surface area contributed by atoms with Gasteiger partial charge in [-0.3, -0.25) is 4.79 Å². The van der Waals surface area contributed by atoms with Gasteiger partial charge in [-0.1, -0.05) is 48.5 Å². The molecule has 0 radical (unpaired) electrons. The monoisotopic (exact) mass is 228 g/mol. The third-order valence-electron chi connectivity index (χ3n) is 2.44. The van der Waals surface area contributed by atoms with Crippen molar-refractivity contribution in [3.63, 3.8) is 0 Å². The van der Waals surface area contributed by atoms with Gasteiger partial charge in [-0.2, -0.15) is 0 Å². The maximum absolute atomic E-state index is 11.9. The van der Waals surface area contributed by atoms with E-state index in [4.69, 9.17) is 0 Å². The molecule has 0 saturated heterocycles. The molecule has 0 atom stereocenters. The van der Waals surface area contributed by atoms with Crippen molar-refractivity contribution in [1.82, 2.24) is 0 Å². The molecule has 80 valence electrons. The molecule has 0 unspecified atom stereocenters. The van der Waals surface area contributed by atoms with Gasteiger partial charge in [-0.25, -0.2) is 0 Å². The number of hydrogen-bond acceptors (Lipinski definition) is 2. The Balaban J connectivity index is 2.18. The van der Waals surface area contributed by atoms with Crippen molar-refractivity contribution < 1.29 is 4.79 Å². The Morgan fingerprint density at radius 3 is 2.25 bits per heavy atom. The number of carbonyl (C=O) groups is 1. The van der Waals surface area contributed by atoms with Crippen LogP contribution in [0.3, 0.4) is 0 Å². The average molecular weight is 228 g/mol. The zero-order chi connectivity index (χ0) is 11.4. The second-order valence-corrected chi connectivity index (χ2v) is 4.08. The molecule has 2 rings (SSSR count). The molecule has 0 heterocycles. The Bertz CT molecular complexity index is 491. The maximum atomic E-state index is 11.9. The van der Waals surface area contributed by atoms with Gasteiger partial charge in [0.2, 0.25) is 0 Å². The van der Waals surface area contributed by atoms with Crippen LogP contribution in [0.25, 0.3) is 0 Å². The fourth-order valence-electron chi connectivity index (χ4n) is 1.56. The molecule has 2 aromatic rings. The van der Waals surface area contributed by atoms with Gasteiger partial charge in [-0.15, -0.1) is 12.6 Å². The van der Waals surface area contributed by atoms with Crippen LogP contribution in [0, 0.1) is 0 Å². The number of thiol groups is 1. The van der Waals surface area contributed by atoms with Crippen molar-refractivity contribution in [2.75, 3.05) is 0 Å². The van der Waals surface area contributed by atoms with E-state index in [1.165, 1.54) is 0 Å². The highest BCUT2D eigenvalue weighted by atomic mass is 32.1. The molecule has 0 saturated carbocycles. The molecular formula is C14H12OS. The van der Waals surface area contributed by atoms with E-state index in [1.54, 1.807) is 0 Å². The fraction of sp³-hybridized carbons (Fsp3) is 0.0714. The molecule has 0 N–H and O–H groups in total. The molecule has 2 heteroatoms. The van der Waals surface area contributed by atoms with Crippen molar-refractivity contribution in [2.24, 2.45) is 0 Å². The smallest absolute Gasteiger partial charge is 0.167 e. The summed E-state index contributed by atoms with van der Waals surface area (Å²) in [5.74, 6) is 0.127. The quantitative estimate of drug-likeness (QED) is 0.629. The minimum Gasteiger partial charge on any atom is -0.294 e. The maximum Gasteiger partial charge on any atom is 0.167 e. The number of rotatable bonds is 3. The summed E-state index contributed by atoms with van der Waals surface area (Å²) in [5.41, 5.74) is 1.72. The predicted molar refractivity (Wildman–Crippen MR) is 68.2 cm³/mol. The van der Waals surface area contributed by atoms with Crippen LogP contribution in [-0.2, 0) is 6.42 Å². The average Bonchev–Trinajstić information content (AvgIpc) is 2.33. The van der Waals surface area contributed by atoms with Crippen LogP contribution in [0.2, 0.25) is 0 Å². The molecule has 0 amide bonds. The topological polar surface area (TPSA) is 17.1 Å². The number of Topliss-reactive ketones (excluding diaryl/α,β-unsaturated/α-hetero) is 1. The van der Waals surface area contributed by atoms with Crippen LogP contribution in [-0.4, -0.2) is 5.78 Å². The first-order chi connectivity index (χ1) is 7.77. The molecular weight excluding hydrogens is 216 g/mol. The summed E-state index contributed by atoms with van der Waals surface area (Å²) in [6.07, 6.45) is 0.406. The summed E-state index contributed by atoms with van der Waals surface area (Å²) in [6, 6.07) is 17.0. The number of ketones is 1. The lowest BCUT2D eigenvalue weighted by molar-refractivity contribution is 0.0992. The van der Waals surface area contributed by atoms with E-state index < -0.39 is 0 Å². The van der Waals surface area contributed by atoms with Gasteiger partial charge in [0.1, 0.15) is 0 Å². The van der Waals surface area contributed by atoms with Crippen LogP contribution in [0.4, 0.5) is 0 Å². The number of benzene rings is 2. The van der Waals surface area contributed by atoms with Gasteiger partial charge in [-0.05, 0) is 11.6 Å². The minimum atomic E-state index is 0.127. The van der Waals surface area contributed by atoms with Crippen molar-refractivity contribution >= 4 is 18.4 Å². The highest BCUT2D eigenvalue weighted by Gasteiger charge is 2.07. The molecule has 0 aliphatic heterocycles. The van der Waals surface area contributed by atoms with E-state index in [0.29, 0.717) is 6.42 Å². The molecule has 0 fully saturated rings. The fourth-order valence-corrected chi connectivity index (χ4v) is 1.80. The van der Waals surface area contributed by atoms with Crippen LogP contribution in [0.5, 0.6) is 0 Å². The molecule has 16 heavy (non-hydrogen) atoms. The van der Waals surface area contributed by atoms with E-state index in [0.717, 1.165) is 16.0 Å². The van der Waals surface area contributed by atoms with Gasteiger partial charge >= 0.3 is 0 Å². The molecule has 0 aliphatic rings. The Morgan fingerprint density at radius 1 is 0.938 bits per heavy atom. The van der Waals surface area contributed by atoms with E-state index >= 15 is 0 Å². The van der Waals surface area contributed by atoms with Crippen molar-refractivity contribution in [3.8, 4) is 0 Å². The standard InChI is InChI=1S/C14H12OS/c15-13(11-6-2-1-3-7-11)10-12-8-4-5-9-14(12)16/h1-9,16H,10H2. The summed E-state index contributed by atoms with van der Waals surface area (Å²) < 4.78 is 0. The first kappa shape index (κ1) is 11.0. The lowest BCUT2D eigenvalue weighted by Gasteiger charge is -2.03. The minimum absolute atomic E-state index is 0.127. The first-order valence-corrected chi connectivity index (χ1v) is 5.57. The van der Waals surface area contributed by atoms with E-state index in [2.05, 4.69) is 12.6 Å². The zero-order valence-electron chi connectivity index (χ0n) is 8.76. The highest BCUT2D eigenvalue weighted by molar-refractivity contribution is 7.80. The molecule has 0 aliphatic carbocycles. The normalized spacial score (nSPS) is 10.1. The van der Waals surface area contributed by atoms with Gasteiger partial charge in [0.25, 0.3) is 0 Å². The van der Waals surface area contributed by atoms with E-state index in [9.17, 15) is 4.79 Å². The predicted octanol–water partition coefficient (Wildman–Crippen LogP) is 3.40. The Kier molecular flexibility index (Phi) is 3.42. The summed E-state index contributed by atoms with van der Waals surface area (Å²) in [5, 5.41) is 0. The Morgan fingerprint density at radius 2 is 1.56 bits per heavy atom. The molecule has 1 nitrogen and oxygen atoms in total. The number of hydrogen-bond donors (Lipinski definition) is 1. The van der Waals surface area contributed by atoms with Crippen LogP contribution < -0.4 is 0 Å². The second-order valence-electron chi connectivity index (χ2n) is 3.59. The van der Waals surface area contributed by atoms with Crippen LogP contribution in [0.1, 0.15) is 15.9 Å². The zero-order valence-corrected chi connectivity index (χ0v) is 9.65. The molecule has 0 spiro atoms. The van der Waals surface area contributed by atoms with Crippen LogP contribution >= 0.6 is 12.6 Å². The lowest BCUT2D eigenvalue weighted by Crippen LogP contribution is -2.03. The summed E-state index contributed by atoms with van der Waals surface area (Å²) in [7, 11) is 0. The largest absolute Gasteiger partial charge is 0.294 e. The van der Waals surface area contributed by atoms with Gasteiger partial charge in [0, 0.05) is 16.9 Å². The summed E-state index contributed by atoms with van der Waals surface area (Å²) in [4.78, 5) is 12.8. The van der Waals surface area contributed by atoms with E-state index in [-0.39, 0.29) is 5.78 Å². The Hall–Kier alpha value is -1.54. The third kappa shape index (κ3) is 2.52. The van der Waals surface area contributed by atoms with Gasteiger partial charge in [0.15, 0.2) is 5.78 Å². The van der Waals surface area contributed by atoms with Crippen molar-refractivity contribution in [3.05, 3.63) is 65.7 Å². The first-order valence-electron chi connectivity index (χ1n) is 5.12. The SMILES string of the molecule is O=C(Cc1ccccc1S)c1ccccc1. The van der Waals surface area contributed by atoms with E-state index in [1.807, 2.05) is 54.6 Å². The Labute approximate surface area is 101 Å². The van der Waals surface area contributed by atoms with Crippen molar-refractivity contribution in [1.29, 1.82) is 0 Å². The lowest BCUT2D eigenvalue weighted by atomic mass is 10.0. The molecule has 0 aromatic heterocycles. The molecule has 2 aromatic carbocycles. The van der Waals surface area contributed by atoms with Crippen molar-refractivity contribution in [2.45, 2.75) is 11.3 Å². The number of carbonyl (C=O) groups excluding carboxylic acids is 1. The molecule has 0 bridgehead atoms. The second kappa shape index (κ2) is 4.99. The third-order valence-corrected chi connectivity index (χ3v) is 2.87. The van der Waals surface area contributed by atoms with Gasteiger partial charge in [0.05, 0.1) is 0 Å². The van der Waals surface area contributed by atoms with Crippen LogP contribution in [0.15, 0.2) is 59.5 Å². The van der Waals surface area contributed by atoms with Gasteiger partial charge < -0.3 is 0 Å². The highest BCUT2D eigenvalue weighted by Crippen LogP contribution is 2.15. The summed E-state index contributed by atoms with van der Waals surface area (Å²) >= 11 is 4.33. The summed E-state index contributed by atoms with van der Waals surface area (Å²) in [6.45, 7) is 0.